The van der Waals surface area contributed by atoms with Gasteiger partial charge < -0.3 is 9.57 Å². The third kappa shape index (κ3) is 4.33. The molecule has 0 aliphatic carbocycles. The summed E-state index contributed by atoms with van der Waals surface area (Å²) in [5, 5.41) is 4.32. The lowest BCUT2D eigenvalue weighted by Gasteiger charge is -2.41. The number of terminal acetylenes is 1. The molecule has 0 amide bonds. The Morgan fingerprint density at radius 2 is 2.30 bits per heavy atom. The maximum atomic E-state index is 12.9. The second kappa shape index (κ2) is 8.58. The van der Waals surface area contributed by atoms with Gasteiger partial charge in [0.25, 0.3) is 0 Å². The number of benzene rings is 1. The lowest BCUT2D eigenvalue weighted by molar-refractivity contribution is -0.162. The summed E-state index contributed by atoms with van der Waals surface area (Å²) in [4.78, 5) is 20.8. The van der Waals surface area contributed by atoms with Crippen molar-refractivity contribution in [2.75, 3.05) is 26.2 Å². The number of carbonyl (C=O) groups is 1. The smallest absolute Gasteiger partial charge is 0.313 e. The van der Waals surface area contributed by atoms with E-state index in [1.807, 2.05) is 19.1 Å². The molecule has 1 aromatic rings. The molecule has 3 rings (SSSR count). The van der Waals surface area contributed by atoms with Crippen molar-refractivity contribution in [3.8, 4) is 12.3 Å². The van der Waals surface area contributed by atoms with Gasteiger partial charge in [-0.15, -0.1) is 6.42 Å². The van der Waals surface area contributed by atoms with Gasteiger partial charge in [0.1, 0.15) is 6.10 Å². The van der Waals surface area contributed by atoms with Gasteiger partial charge in [-0.25, -0.2) is 0 Å². The van der Waals surface area contributed by atoms with Crippen LogP contribution in [0.3, 0.4) is 0 Å². The van der Waals surface area contributed by atoms with Gasteiger partial charge in [-0.1, -0.05) is 35.3 Å². The second-order valence-electron chi connectivity index (χ2n) is 7.51. The third-order valence-corrected chi connectivity index (χ3v) is 5.49. The SMILES string of the molecule is C#CCN1CCC[C@@](C[C@@H]2CC(c3ccccc3C)=NO2)(C(=O)OCC)C1. The van der Waals surface area contributed by atoms with E-state index in [1.165, 1.54) is 5.56 Å². The number of oxime groups is 1. The van der Waals surface area contributed by atoms with Crippen molar-refractivity contribution in [3.05, 3.63) is 35.4 Å². The van der Waals surface area contributed by atoms with Crippen LogP contribution < -0.4 is 0 Å². The third-order valence-electron chi connectivity index (χ3n) is 5.49. The van der Waals surface area contributed by atoms with Crippen LogP contribution in [-0.2, 0) is 14.4 Å². The minimum absolute atomic E-state index is 0.116. The number of likely N-dealkylation sites (tertiary alicyclic amines) is 1. The van der Waals surface area contributed by atoms with Crippen LogP contribution in [0.1, 0.15) is 43.7 Å². The zero-order valence-corrected chi connectivity index (χ0v) is 16.2. The Bertz CT molecular complexity index is 752. The molecule has 0 saturated carbocycles. The highest BCUT2D eigenvalue weighted by molar-refractivity contribution is 6.02. The van der Waals surface area contributed by atoms with E-state index < -0.39 is 5.41 Å². The number of esters is 1. The number of hydrogen-bond donors (Lipinski definition) is 0. The molecule has 1 aromatic carbocycles. The molecule has 27 heavy (non-hydrogen) atoms. The fraction of sp³-hybridized carbons (Fsp3) is 0.545. The lowest BCUT2D eigenvalue weighted by atomic mass is 9.74. The van der Waals surface area contributed by atoms with E-state index in [4.69, 9.17) is 16.0 Å². The molecule has 0 N–H and O–H groups in total. The summed E-state index contributed by atoms with van der Waals surface area (Å²) >= 11 is 0. The van der Waals surface area contributed by atoms with Gasteiger partial charge in [-0.3, -0.25) is 9.69 Å². The molecule has 2 heterocycles. The van der Waals surface area contributed by atoms with Gasteiger partial charge in [-0.05, 0) is 38.8 Å². The molecule has 5 nitrogen and oxygen atoms in total. The lowest BCUT2D eigenvalue weighted by Crippen LogP contribution is -2.50. The molecule has 2 aliphatic rings. The maximum Gasteiger partial charge on any atom is 0.313 e. The molecule has 1 fully saturated rings. The first-order valence-corrected chi connectivity index (χ1v) is 9.69. The van der Waals surface area contributed by atoms with Crippen LogP contribution in [0, 0.1) is 24.7 Å². The summed E-state index contributed by atoms with van der Waals surface area (Å²) < 4.78 is 5.44. The van der Waals surface area contributed by atoms with E-state index in [-0.39, 0.29) is 12.1 Å². The number of piperidine rings is 1. The van der Waals surface area contributed by atoms with Crippen molar-refractivity contribution < 1.29 is 14.4 Å². The number of nitrogens with zero attached hydrogens (tertiary/aromatic N) is 2. The maximum absolute atomic E-state index is 12.9. The van der Waals surface area contributed by atoms with Gasteiger partial charge >= 0.3 is 5.97 Å². The normalized spacial score (nSPS) is 25.4. The van der Waals surface area contributed by atoms with Crippen molar-refractivity contribution in [2.24, 2.45) is 10.6 Å². The Hall–Kier alpha value is -2.32. The van der Waals surface area contributed by atoms with E-state index >= 15 is 0 Å². The van der Waals surface area contributed by atoms with Crippen molar-refractivity contribution in [2.45, 2.75) is 45.6 Å². The molecule has 144 valence electrons. The first-order chi connectivity index (χ1) is 13.1. The number of carbonyl (C=O) groups excluding carboxylic acids is 1. The standard InChI is InChI=1S/C22H28N2O3/c1-4-12-24-13-8-11-22(16-24,21(25)26-5-2)15-18-14-20(23-27-18)19-10-7-6-9-17(19)3/h1,6-7,9-10,18H,5,8,11-16H2,2-3H3/t18-,22-/m0/s1. The topological polar surface area (TPSA) is 51.1 Å². The van der Waals surface area contributed by atoms with Crippen LogP contribution in [0.2, 0.25) is 0 Å². The molecule has 0 unspecified atom stereocenters. The number of aryl methyl sites for hydroxylation is 1. The Morgan fingerprint density at radius 1 is 1.48 bits per heavy atom. The molecule has 2 aliphatic heterocycles. The van der Waals surface area contributed by atoms with Gasteiger partial charge in [0.2, 0.25) is 0 Å². The second-order valence-corrected chi connectivity index (χ2v) is 7.51. The van der Waals surface area contributed by atoms with Gasteiger partial charge in [-0.2, -0.15) is 0 Å². The zero-order valence-electron chi connectivity index (χ0n) is 16.2. The summed E-state index contributed by atoms with van der Waals surface area (Å²) in [5.74, 6) is 2.56. The van der Waals surface area contributed by atoms with E-state index in [9.17, 15) is 4.79 Å². The van der Waals surface area contributed by atoms with Gasteiger partial charge in [0.15, 0.2) is 0 Å². The largest absolute Gasteiger partial charge is 0.466 e. The highest BCUT2D eigenvalue weighted by atomic mass is 16.6. The van der Waals surface area contributed by atoms with Crippen molar-refractivity contribution in [1.82, 2.24) is 4.90 Å². The Labute approximate surface area is 161 Å². The molecule has 0 aromatic heterocycles. The van der Waals surface area contributed by atoms with Crippen LogP contribution in [0.5, 0.6) is 0 Å². The van der Waals surface area contributed by atoms with Crippen LogP contribution in [0.4, 0.5) is 0 Å². The summed E-state index contributed by atoms with van der Waals surface area (Å²) in [6, 6.07) is 8.17. The molecule has 5 heteroatoms. The van der Waals surface area contributed by atoms with E-state index in [0.717, 1.165) is 30.7 Å². The molecule has 0 radical (unpaired) electrons. The number of hydrogen-bond acceptors (Lipinski definition) is 5. The minimum atomic E-state index is -0.577. The van der Waals surface area contributed by atoms with E-state index in [2.05, 4.69) is 35.0 Å². The van der Waals surface area contributed by atoms with E-state index in [0.29, 0.717) is 32.5 Å². The molecule has 2 atom stereocenters. The molecular formula is C22H28N2O3. The molecular weight excluding hydrogens is 340 g/mol. The summed E-state index contributed by atoms with van der Waals surface area (Å²) in [5.41, 5.74) is 2.67. The average molecular weight is 368 g/mol. The summed E-state index contributed by atoms with van der Waals surface area (Å²) in [6.45, 7) is 6.39. The van der Waals surface area contributed by atoms with Crippen molar-refractivity contribution in [3.63, 3.8) is 0 Å². The highest BCUT2D eigenvalue weighted by Gasteiger charge is 2.46. The summed E-state index contributed by atoms with van der Waals surface area (Å²) in [6.07, 6.45) is 8.42. The monoisotopic (exact) mass is 368 g/mol. The molecule has 0 spiro atoms. The first-order valence-electron chi connectivity index (χ1n) is 9.69. The Kier molecular flexibility index (Phi) is 6.18. The van der Waals surface area contributed by atoms with Crippen molar-refractivity contribution >= 4 is 11.7 Å². The van der Waals surface area contributed by atoms with Crippen molar-refractivity contribution in [1.29, 1.82) is 0 Å². The Balaban J connectivity index is 1.73. The fourth-order valence-corrected chi connectivity index (χ4v) is 4.22. The molecule has 1 saturated heterocycles. The van der Waals surface area contributed by atoms with Gasteiger partial charge in [0, 0.05) is 24.9 Å². The summed E-state index contributed by atoms with van der Waals surface area (Å²) in [7, 11) is 0. The minimum Gasteiger partial charge on any atom is -0.466 e. The van der Waals surface area contributed by atoms with Crippen LogP contribution in [0.15, 0.2) is 29.4 Å². The van der Waals surface area contributed by atoms with Crippen LogP contribution in [0.25, 0.3) is 0 Å². The average Bonchev–Trinajstić information content (AvgIpc) is 3.11. The molecule has 0 bridgehead atoms. The van der Waals surface area contributed by atoms with Gasteiger partial charge in [0.05, 0.1) is 24.3 Å². The number of rotatable bonds is 6. The zero-order chi connectivity index (χ0) is 19.3. The predicted molar refractivity (Wildman–Crippen MR) is 105 cm³/mol. The quantitative estimate of drug-likeness (QED) is 0.572. The number of ether oxygens (including phenoxy) is 1. The van der Waals surface area contributed by atoms with Crippen LogP contribution in [-0.4, -0.2) is 48.9 Å². The fourth-order valence-electron chi connectivity index (χ4n) is 4.22. The first kappa shape index (κ1) is 19.4. The predicted octanol–water partition coefficient (Wildman–Crippen LogP) is 3.16. The highest BCUT2D eigenvalue weighted by Crippen LogP contribution is 2.39. The Morgan fingerprint density at radius 3 is 3.04 bits per heavy atom. The van der Waals surface area contributed by atoms with E-state index in [1.54, 1.807) is 0 Å². The van der Waals surface area contributed by atoms with Crippen LogP contribution >= 0.6 is 0 Å².